The van der Waals surface area contributed by atoms with E-state index in [1.54, 1.807) is 31.4 Å². The highest BCUT2D eigenvalue weighted by Gasteiger charge is 2.57. The van der Waals surface area contributed by atoms with Gasteiger partial charge in [0, 0.05) is 48.0 Å². The van der Waals surface area contributed by atoms with Gasteiger partial charge in [-0.2, -0.15) is 0 Å². The Bertz CT molecular complexity index is 1680. The van der Waals surface area contributed by atoms with Gasteiger partial charge in [-0.25, -0.2) is 19.2 Å². The Morgan fingerprint density at radius 2 is 1.93 bits per heavy atom. The average molecular weight is 607 g/mol. The lowest BCUT2D eigenvalue weighted by Crippen LogP contribution is -2.33. The van der Waals surface area contributed by atoms with E-state index in [-0.39, 0.29) is 12.7 Å². The van der Waals surface area contributed by atoms with Crippen molar-refractivity contribution in [3.05, 3.63) is 82.0 Å². The van der Waals surface area contributed by atoms with E-state index in [1.165, 1.54) is 13.2 Å². The minimum Gasteiger partial charge on any atom is -0.494 e. The number of nitrogens with zero attached hydrogens (tertiary/aromatic N) is 4. The van der Waals surface area contributed by atoms with Crippen LogP contribution in [0.5, 0.6) is 11.6 Å². The molecule has 11 heteroatoms. The lowest BCUT2D eigenvalue weighted by atomic mass is 10.1. The Labute approximate surface area is 253 Å². The monoisotopic (exact) mass is 606 g/mol. The summed E-state index contributed by atoms with van der Waals surface area (Å²) < 4.78 is 38.5. The summed E-state index contributed by atoms with van der Waals surface area (Å²) in [6.07, 6.45) is 1.12. The molecule has 2 aromatic heterocycles. The molecule has 0 N–H and O–H groups in total. The predicted molar refractivity (Wildman–Crippen MR) is 157 cm³/mol. The largest absolute Gasteiger partial charge is 0.494 e. The van der Waals surface area contributed by atoms with Crippen LogP contribution in [0.2, 0.25) is 5.02 Å². The fraction of sp³-hybridized carbons (Fsp3) is 0.406. The number of halogens is 2. The fourth-order valence-electron chi connectivity index (χ4n) is 6.46. The molecule has 4 aromatic rings. The highest BCUT2D eigenvalue weighted by atomic mass is 35.5. The molecule has 0 spiro atoms. The van der Waals surface area contributed by atoms with E-state index in [1.807, 2.05) is 18.2 Å². The molecule has 1 saturated carbocycles. The molecule has 1 aliphatic carbocycles. The molecule has 224 valence electrons. The van der Waals surface area contributed by atoms with Crippen LogP contribution in [0.4, 0.5) is 4.39 Å². The normalized spacial score (nSPS) is 22.7. The first-order chi connectivity index (χ1) is 20.9. The quantitative estimate of drug-likeness (QED) is 0.227. The van der Waals surface area contributed by atoms with E-state index in [9.17, 15) is 9.18 Å². The van der Waals surface area contributed by atoms with Crippen molar-refractivity contribution in [1.82, 2.24) is 19.4 Å². The van der Waals surface area contributed by atoms with Crippen LogP contribution in [0.25, 0.3) is 11.0 Å². The van der Waals surface area contributed by atoms with Gasteiger partial charge in [0.05, 0.1) is 44.5 Å². The number of aromatic nitrogens is 3. The third-order valence-electron chi connectivity index (χ3n) is 8.83. The number of imidazole rings is 1. The average Bonchev–Trinajstić information content (AvgIpc) is 3.30. The number of likely N-dealkylation sites (tertiary alicyclic amines) is 1. The van der Waals surface area contributed by atoms with Gasteiger partial charge in [0.1, 0.15) is 29.5 Å². The molecular weight excluding hydrogens is 575 g/mol. The SMILES string of the molecule is COC(=O)c1cc(OC)c2nc(CN3CC4C(C3)C4c3cccc(OCc4ccc(Cl)cc4F)n3)n(C[C@@H]3CCO3)c2c1. The summed E-state index contributed by atoms with van der Waals surface area (Å²) in [5.41, 5.74) is 3.44. The molecular formula is C32H32ClFN4O5. The maximum atomic E-state index is 14.2. The summed E-state index contributed by atoms with van der Waals surface area (Å²) in [7, 11) is 2.96. The Morgan fingerprint density at radius 1 is 1.12 bits per heavy atom. The summed E-state index contributed by atoms with van der Waals surface area (Å²) >= 11 is 5.86. The van der Waals surface area contributed by atoms with E-state index < -0.39 is 11.8 Å². The van der Waals surface area contributed by atoms with Gasteiger partial charge in [0.2, 0.25) is 5.88 Å². The number of pyridine rings is 1. The molecule has 3 atom stereocenters. The standard InChI is InChI=1S/C32H32ClFN4O5/c1-40-27-11-19(32(39)41-2)10-26-31(27)36-28(38(26)13-21-8-9-42-21)16-37-14-22-23(15-37)30(22)25-4-3-5-29(35-25)43-17-18-6-7-20(33)12-24(18)34/h3-7,10-12,21-23,30H,8-9,13-17H2,1-2H3/t21-,22?,23?,30?/m0/s1. The first-order valence-corrected chi connectivity index (χ1v) is 14.8. The van der Waals surface area contributed by atoms with Crippen molar-refractivity contribution in [3.63, 3.8) is 0 Å². The van der Waals surface area contributed by atoms with Crippen LogP contribution < -0.4 is 9.47 Å². The summed E-state index contributed by atoms with van der Waals surface area (Å²) in [4.78, 5) is 24.6. The minimum atomic E-state index is -0.416. The number of piperidine rings is 1. The number of fused-ring (bicyclic) bond motifs is 2. The zero-order chi connectivity index (χ0) is 29.7. The molecule has 3 aliphatic rings. The fourth-order valence-corrected chi connectivity index (χ4v) is 6.62. The molecule has 0 amide bonds. The number of hydrogen-bond donors (Lipinski definition) is 0. The minimum absolute atomic E-state index is 0.0869. The van der Waals surface area contributed by atoms with Crippen LogP contribution in [0, 0.1) is 17.7 Å². The van der Waals surface area contributed by atoms with Crippen molar-refractivity contribution < 1.29 is 28.1 Å². The molecule has 3 fully saturated rings. The van der Waals surface area contributed by atoms with Gasteiger partial charge in [0.25, 0.3) is 0 Å². The molecule has 2 saturated heterocycles. The van der Waals surface area contributed by atoms with Gasteiger partial charge in [-0.05, 0) is 48.6 Å². The molecule has 7 rings (SSSR count). The van der Waals surface area contributed by atoms with Crippen molar-refractivity contribution >= 4 is 28.6 Å². The third kappa shape index (κ3) is 5.43. The Morgan fingerprint density at radius 3 is 2.63 bits per heavy atom. The molecule has 2 aromatic carbocycles. The van der Waals surface area contributed by atoms with Gasteiger partial charge in [-0.15, -0.1) is 0 Å². The van der Waals surface area contributed by atoms with Gasteiger partial charge in [-0.1, -0.05) is 23.7 Å². The zero-order valence-electron chi connectivity index (χ0n) is 24.0. The second-order valence-corrected chi connectivity index (χ2v) is 11.9. The Balaban J connectivity index is 1.05. The van der Waals surface area contributed by atoms with Gasteiger partial charge < -0.3 is 23.5 Å². The number of ether oxygens (including phenoxy) is 4. The summed E-state index contributed by atoms with van der Waals surface area (Å²) in [6, 6.07) is 13.9. The van der Waals surface area contributed by atoms with E-state index in [0.717, 1.165) is 48.7 Å². The van der Waals surface area contributed by atoms with Gasteiger partial charge >= 0.3 is 5.97 Å². The number of benzene rings is 2. The predicted octanol–water partition coefficient (Wildman–Crippen LogP) is 5.23. The highest BCUT2D eigenvalue weighted by Crippen LogP contribution is 2.58. The number of esters is 1. The summed E-state index contributed by atoms with van der Waals surface area (Å²) in [5, 5.41) is 0.354. The molecule has 0 radical (unpaired) electrons. The second kappa shape index (κ2) is 11.4. The number of methoxy groups -OCH3 is 2. The first-order valence-electron chi connectivity index (χ1n) is 14.4. The van der Waals surface area contributed by atoms with Gasteiger partial charge in [0.15, 0.2) is 0 Å². The molecule has 2 aliphatic heterocycles. The lowest BCUT2D eigenvalue weighted by molar-refractivity contribution is -0.0591. The maximum absolute atomic E-state index is 14.2. The molecule has 9 nitrogen and oxygen atoms in total. The highest BCUT2D eigenvalue weighted by molar-refractivity contribution is 6.30. The second-order valence-electron chi connectivity index (χ2n) is 11.4. The number of rotatable bonds is 10. The van der Waals surface area contributed by atoms with E-state index in [2.05, 4.69) is 9.47 Å². The van der Waals surface area contributed by atoms with Crippen LogP contribution >= 0.6 is 11.6 Å². The van der Waals surface area contributed by atoms with Crippen molar-refractivity contribution in [1.29, 1.82) is 0 Å². The Hall–Kier alpha value is -3.73. The van der Waals surface area contributed by atoms with E-state index in [0.29, 0.717) is 58.6 Å². The van der Waals surface area contributed by atoms with E-state index in [4.69, 9.17) is 40.5 Å². The van der Waals surface area contributed by atoms with Crippen molar-refractivity contribution in [3.8, 4) is 11.6 Å². The maximum Gasteiger partial charge on any atom is 0.338 e. The van der Waals surface area contributed by atoms with Crippen molar-refractivity contribution in [2.24, 2.45) is 11.8 Å². The zero-order valence-corrected chi connectivity index (χ0v) is 24.7. The Kier molecular flexibility index (Phi) is 7.44. The van der Waals surface area contributed by atoms with Crippen molar-refractivity contribution in [2.45, 2.75) is 38.1 Å². The van der Waals surface area contributed by atoms with Crippen LogP contribution in [-0.4, -0.2) is 65.4 Å². The third-order valence-corrected chi connectivity index (χ3v) is 9.07. The van der Waals surface area contributed by atoms with E-state index >= 15 is 0 Å². The molecule has 43 heavy (non-hydrogen) atoms. The van der Waals surface area contributed by atoms with Crippen LogP contribution in [0.15, 0.2) is 48.5 Å². The smallest absolute Gasteiger partial charge is 0.338 e. The molecule has 2 unspecified atom stereocenters. The molecule has 4 heterocycles. The summed E-state index contributed by atoms with van der Waals surface area (Å²) in [5.74, 6) is 2.53. The number of carbonyl (C=O) groups excluding carboxylic acids is 1. The van der Waals surface area contributed by atoms with Crippen LogP contribution in [-0.2, 0) is 29.2 Å². The lowest BCUT2D eigenvalue weighted by Gasteiger charge is -2.28. The van der Waals surface area contributed by atoms with Crippen LogP contribution in [0.3, 0.4) is 0 Å². The summed E-state index contributed by atoms with van der Waals surface area (Å²) in [6.45, 7) is 4.07. The topological polar surface area (TPSA) is 87.9 Å². The number of hydrogen-bond acceptors (Lipinski definition) is 8. The van der Waals surface area contributed by atoms with Crippen molar-refractivity contribution in [2.75, 3.05) is 33.9 Å². The molecule has 0 bridgehead atoms. The number of carbonyl (C=O) groups is 1. The van der Waals surface area contributed by atoms with Gasteiger partial charge in [-0.3, -0.25) is 4.90 Å². The first kappa shape index (κ1) is 28.1. The van der Waals surface area contributed by atoms with Crippen LogP contribution in [0.1, 0.15) is 39.8 Å².